The highest BCUT2D eigenvalue weighted by molar-refractivity contribution is 5.75. The van der Waals surface area contributed by atoms with E-state index >= 15 is 0 Å². The van der Waals surface area contributed by atoms with Gasteiger partial charge in [0.2, 0.25) is 0 Å². The molecule has 3 rings (SSSR count). The number of carbonyl (C=O) groups excluding carboxylic acids is 1. The zero-order chi connectivity index (χ0) is 16.9. The summed E-state index contributed by atoms with van der Waals surface area (Å²) in [5.74, 6) is 0.157. The van der Waals surface area contributed by atoms with E-state index in [0.717, 1.165) is 25.1 Å². The number of benzene rings is 1. The lowest BCUT2D eigenvalue weighted by Gasteiger charge is -2.21. The van der Waals surface area contributed by atoms with Gasteiger partial charge in [0.05, 0.1) is 6.04 Å². The van der Waals surface area contributed by atoms with Gasteiger partial charge in [0.15, 0.2) is 0 Å². The van der Waals surface area contributed by atoms with E-state index in [9.17, 15) is 4.79 Å². The minimum atomic E-state index is -0.165. The molecule has 24 heavy (non-hydrogen) atoms. The molecule has 1 fully saturated rings. The molecule has 3 atom stereocenters. The molecule has 2 amide bonds. The van der Waals surface area contributed by atoms with Gasteiger partial charge in [0, 0.05) is 37.3 Å². The number of nitrogens with one attached hydrogen (secondary N) is 2. The Labute approximate surface area is 143 Å². The molecule has 0 bridgehead atoms. The predicted octanol–water partition coefficient (Wildman–Crippen LogP) is 2.58. The Hall–Kier alpha value is -2.01. The monoisotopic (exact) mass is 329 g/mol. The van der Waals surface area contributed by atoms with Crippen molar-refractivity contribution in [2.75, 3.05) is 24.6 Å². The van der Waals surface area contributed by atoms with Crippen LogP contribution in [0, 0.1) is 5.92 Å². The molecule has 2 aliphatic rings. The van der Waals surface area contributed by atoms with Crippen molar-refractivity contribution in [1.29, 1.82) is 0 Å². The minimum absolute atomic E-state index is 0.00489. The summed E-state index contributed by atoms with van der Waals surface area (Å²) in [5.41, 5.74) is 2.35. The minimum Gasteiger partial charge on any atom is -0.396 e. The third-order valence-electron chi connectivity index (χ3n) is 4.91. The number of carbonyl (C=O) groups is 1. The number of hydrogen-bond acceptors (Lipinski definition) is 3. The normalized spacial score (nSPS) is 24.2. The van der Waals surface area contributed by atoms with E-state index in [1.807, 2.05) is 19.1 Å². The first kappa shape index (κ1) is 16.8. The molecule has 3 N–H and O–H groups in total. The van der Waals surface area contributed by atoms with Crippen LogP contribution in [0.3, 0.4) is 0 Å². The molecule has 0 saturated carbocycles. The number of urea groups is 1. The van der Waals surface area contributed by atoms with Gasteiger partial charge in [0.25, 0.3) is 0 Å². The smallest absolute Gasteiger partial charge is 0.315 e. The van der Waals surface area contributed by atoms with Gasteiger partial charge in [-0.25, -0.2) is 4.79 Å². The highest BCUT2D eigenvalue weighted by Crippen LogP contribution is 2.24. The second-order valence-electron chi connectivity index (χ2n) is 6.80. The molecule has 130 valence electrons. The molecule has 5 heteroatoms. The SMILES string of the molecule is CC(NC(=O)N[C@@H]1C=C[C@H](CO)C1)c1cccc(N2CCCC2)c1. The van der Waals surface area contributed by atoms with E-state index in [4.69, 9.17) is 5.11 Å². The van der Waals surface area contributed by atoms with Crippen molar-refractivity contribution in [3.63, 3.8) is 0 Å². The fourth-order valence-corrected chi connectivity index (χ4v) is 3.47. The van der Waals surface area contributed by atoms with E-state index < -0.39 is 0 Å². The van der Waals surface area contributed by atoms with E-state index in [-0.39, 0.29) is 30.6 Å². The standard InChI is InChI=1S/C19H27N3O2/c1-14(20-19(24)21-17-8-7-15(11-17)13-23)16-5-4-6-18(12-16)22-9-2-3-10-22/h4-8,12,14-15,17,23H,2-3,9-11,13H2,1H3,(H2,20,21,24)/t14?,15-,17+/m0/s1. The fourth-order valence-electron chi connectivity index (χ4n) is 3.47. The molecule has 0 aromatic heterocycles. The van der Waals surface area contributed by atoms with Crippen LogP contribution in [0.15, 0.2) is 36.4 Å². The van der Waals surface area contributed by atoms with E-state index in [1.54, 1.807) is 0 Å². The molecule has 0 radical (unpaired) electrons. The molecule has 1 saturated heterocycles. The molecule has 1 unspecified atom stereocenters. The molecule has 1 aromatic rings. The average molecular weight is 329 g/mol. The number of anilines is 1. The van der Waals surface area contributed by atoms with Gasteiger partial charge in [0.1, 0.15) is 0 Å². The average Bonchev–Trinajstić information content (AvgIpc) is 3.26. The van der Waals surface area contributed by atoms with Crippen LogP contribution in [0.2, 0.25) is 0 Å². The molecule has 1 heterocycles. The summed E-state index contributed by atoms with van der Waals surface area (Å²) in [6.45, 7) is 4.37. The molecular formula is C19H27N3O2. The molecule has 0 spiro atoms. The lowest BCUT2D eigenvalue weighted by atomic mass is 10.1. The first-order valence-electron chi connectivity index (χ1n) is 8.87. The third-order valence-corrected chi connectivity index (χ3v) is 4.91. The summed E-state index contributed by atoms with van der Waals surface area (Å²) < 4.78 is 0. The van der Waals surface area contributed by atoms with Crippen molar-refractivity contribution in [2.45, 2.75) is 38.3 Å². The van der Waals surface area contributed by atoms with Crippen molar-refractivity contribution in [2.24, 2.45) is 5.92 Å². The Balaban J connectivity index is 1.54. The van der Waals surface area contributed by atoms with Crippen LogP contribution < -0.4 is 15.5 Å². The Kier molecular flexibility index (Phi) is 5.41. The maximum atomic E-state index is 12.2. The second kappa shape index (κ2) is 7.71. The van der Waals surface area contributed by atoms with Crippen LogP contribution >= 0.6 is 0 Å². The number of nitrogens with zero attached hydrogens (tertiary/aromatic N) is 1. The largest absolute Gasteiger partial charge is 0.396 e. The van der Waals surface area contributed by atoms with Crippen LogP contribution in [0.1, 0.15) is 37.8 Å². The van der Waals surface area contributed by atoms with Crippen LogP contribution in [-0.4, -0.2) is 36.9 Å². The fraction of sp³-hybridized carbons (Fsp3) is 0.526. The quantitative estimate of drug-likeness (QED) is 0.728. The highest BCUT2D eigenvalue weighted by atomic mass is 16.3. The van der Waals surface area contributed by atoms with Crippen LogP contribution in [0.4, 0.5) is 10.5 Å². The van der Waals surface area contributed by atoms with E-state index in [1.165, 1.54) is 18.5 Å². The van der Waals surface area contributed by atoms with Crippen LogP contribution in [0.5, 0.6) is 0 Å². The van der Waals surface area contributed by atoms with Crippen molar-refractivity contribution >= 4 is 11.7 Å². The highest BCUT2D eigenvalue weighted by Gasteiger charge is 2.20. The summed E-state index contributed by atoms with van der Waals surface area (Å²) in [5, 5.41) is 15.1. The van der Waals surface area contributed by atoms with E-state index in [2.05, 4.69) is 39.8 Å². The zero-order valence-corrected chi connectivity index (χ0v) is 14.2. The van der Waals surface area contributed by atoms with Gasteiger partial charge < -0.3 is 20.6 Å². The first-order chi connectivity index (χ1) is 11.7. The summed E-state index contributed by atoms with van der Waals surface area (Å²) in [6, 6.07) is 8.22. The van der Waals surface area contributed by atoms with Gasteiger partial charge >= 0.3 is 6.03 Å². The Morgan fingerprint density at radius 3 is 2.83 bits per heavy atom. The Bertz CT molecular complexity index is 596. The molecule has 5 nitrogen and oxygen atoms in total. The number of aliphatic hydroxyl groups excluding tert-OH is 1. The van der Waals surface area contributed by atoms with Crippen molar-refractivity contribution in [1.82, 2.24) is 10.6 Å². The number of amides is 2. The molecular weight excluding hydrogens is 302 g/mol. The first-order valence-corrected chi connectivity index (χ1v) is 8.87. The van der Waals surface area contributed by atoms with Crippen LogP contribution in [-0.2, 0) is 0 Å². The lowest BCUT2D eigenvalue weighted by Crippen LogP contribution is -2.41. The van der Waals surface area contributed by atoms with Gasteiger partial charge in [-0.2, -0.15) is 0 Å². The second-order valence-corrected chi connectivity index (χ2v) is 6.80. The summed E-state index contributed by atoms with van der Waals surface area (Å²) in [7, 11) is 0. The predicted molar refractivity (Wildman–Crippen MR) is 96.1 cm³/mol. The molecule has 1 aliphatic heterocycles. The van der Waals surface area contributed by atoms with Gasteiger partial charge in [-0.1, -0.05) is 24.3 Å². The Morgan fingerprint density at radius 2 is 2.12 bits per heavy atom. The number of aliphatic hydroxyl groups is 1. The molecule has 1 aromatic carbocycles. The van der Waals surface area contributed by atoms with E-state index in [0.29, 0.717) is 0 Å². The van der Waals surface area contributed by atoms with Gasteiger partial charge in [-0.05, 0) is 43.9 Å². The van der Waals surface area contributed by atoms with Crippen molar-refractivity contribution < 1.29 is 9.90 Å². The van der Waals surface area contributed by atoms with Crippen LogP contribution in [0.25, 0.3) is 0 Å². The molecule has 1 aliphatic carbocycles. The maximum Gasteiger partial charge on any atom is 0.315 e. The zero-order valence-electron chi connectivity index (χ0n) is 14.2. The number of hydrogen-bond donors (Lipinski definition) is 3. The maximum absolute atomic E-state index is 12.2. The Morgan fingerprint density at radius 1 is 1.33 bits per heavy atom. The third kappa shape index (κ3) is 4.09. The number of rotatable bonds is 5. The summed E-state index contributed by atoms with van der Waals surface area (Å²) in [6.07, 6.45) is 7.20. The lowest BCUT2D eigenvalue weighted by molar-refractivity contribution is 0.229. The van der Waals surface area contributed by atoms with Gasteiger partial charge in [-0.15, -0.1) is 0 Å². The van der Waals surface area contributed by atoms with Crippen molar-refractivity contribution in [3.8, 4) is 0 Å². The summed E-state index contributed by atoms with van der Waals surface area (Å²) >= 11 is 0. The summed E-state index contributed by atoms with van der Waals surface area (Å²) in [4.78, 5) is 14.6. The van der Waals surface area contributed by atoms with Crippen molar-refractivity contribution in [3.05, 3.63) is 42.0 Å². The van der Waals surface area contributed by atoms with Gasteiger partial charge in [-0.3, -0.25) is 0 Å². The topological polar surface area (TPSA) is 64.6 Å².